The lowest BCUT2D eigenvalue weighted by Gasteiger charge is -2.41. The van der Waals surface area contributed by atoms with E-state index >= 15 is 0 Å². The Balaban J connectivity index is 2.37. The second kappa shape index (κ2) is 6.02. The number of methoxy groups -OCH3 is 1. The monoisotopic (exact) mass is 344 g/mol. The van der Waals surface area contributed by atoms with Crippen LogP contribution in [0.2, 0.25) is 0 Å². The van der Waals surface area contributed by atoms with E-state index in [0.29, 0.717) is 15.8 Å². The Hall–Kier alpha value is -0.610. The van der Waals surface area contributed by atoms with E-state index in [1.54, 1.807) is 6.07 Å². The molecule has 0 aromatic heterocycles. The smallest absolute Gasteiger partial charge is 0.141 e. The number of ether oxygens (including phenoxy) is 1. The zero-order chi connectivity index (χ0) is 14.9. The minimum Gasteiger partial charge on any atom is -0.496 e. The molecule has 20 heavy (non-hydrogen) atoms. The van der Waals surface area contributed by atoms with Crippen LogP contribution in [0.15, 0.2) is 16.6 Å². The zero-order valence-electron chi connectivity index (χ0n) is 12.2. The number of aliphatic hydroxyl groups excluding tert-OH is 1. The Labute approximate surface area is 128 Å². The predicted octanol–water partition coefficient (Wildman–Crippen LogP) is 4.85. The maximum Gasteiger partial charge on any atom is 0.141 e. The number of halogens is 2. The molecule has 0 heterocycles. The molecule has 0 radical (unpaired) electrons. The molecule has 1 fully saturated rings. The molecule has 2 unspecified atom stereocenters. The third kappa shape index (κ3) is 3.01. The third-order valence-electron chi connectivity index (χ3n) is 4.56. The number of rotatable bonds is 3. The van der Waals surface area contributed by atoms with E-state index in [4.69, 9.17) is 4.74 Å². The minimum atomic E-state index is -0.628. The van der Waals surface area contributed by atoms with Gasteiger partial charge in [-0.1, -0.05) is 26.7 Å². The van der Waals surface area contributed by atoms with Gasteiger partial charge >= 0.3 is 0 Å². The molecule has 1 aromatic rings. The summed E-state index contributed by atoms with van der Waals surface area (Å²) in [5.41, 5.74) is 0.754. The fourth-order valence-electron chi connectivity index (χ4n) is 3.27. The van der Waals surface area contributed by atoms with Crippen molar-refractivity contribution in [3.05, 3.63) is 28.0 Å². The highest BCUT2D eigenvalue weighted by Crippen LogP contribution is 2.48. The molecule has 1 saturated carbocycles. The molecule has 1 aliphatic carbocycles. The van der Waals surface area contributed by atoms with Crippen LogP contribution in [0.1, 0.15) is 51.2 Å². The Kier molecular flexibility index (Phi) is 4.75. The van der Waals surface area contributed by atoms with Gasteiger partial charge in [0.2, 0.25) is 0 Å². The summed E-state index contributed by atoms with van der Waals surface area (Å²) in [5.74, 6) is 0.211. The normalized spacial score (nSPS) is 23.4. The predicted molar refractivity (Wildman–Crippen MR) is 81.4 cm³/mol. The molecule has 4 heteroatoms. The molecule has 0 spiro atoms. The van der Waals surface area contributed by atoms with Crippen molar-refractivity contribution in [3.63, 3.8) is 0 Å². The van der Waals surface area contributed by atoms with E-state index in [0.717, 1.165) is 19.3 Å². The van der Waals surface area contributed by atoms with Crippen LogP contribution in [0.3, 0.4) is 0 Å². The van der Waals surface area contributed by atoms with Crippen molar-refractivity contribution in [1.82, 2.24) is 0 Å². The Bertz CT molecular complexity index is 488. The van der Waals surface area contributed by atoms with Gasteiger partial charge in [-0.05, 0) is 46.2 Å². The van der Waals surface area contributed by atoms with Crippen LogP contribution in [0.25, 0.3) is 0 Å². The molecule has 0 saturated heterocycles. The van der Waals surface area contributed by atoms with Gasteiger partial charge in [0.15, 0.2) is 0 Å². The van der Waals surface area contributed by atoms with Crippen molar-refractivity contribution < 1.29 is 14.2 Å². The zero-order valence-corrected chi connectivity index (χ0v) is 13.8. The molecule has 0 amide bonds. The first-order valence-electron chi connectivity index (χ1n) is 7.08. The molecule has 2 atom stereocenters. The summed E-state index contributed by atoms with van der Waals surface area (Å²) in [5, 5.41) is 10.8. The topological polar surface area (TPSA) is 29.5 Å². The van der Waals surface area contributed by atoms with Gasteiger partial charge in [-0.15, -0.1) is 0 Å². The highest BCUT2D eigenvalue weighted by Gasteiger charge is 2.38. The summed E-state index contributed by atoms with van der Waals surface area (Å²) in [7, 11) is 1.50. The van der Waals surface area contributed by atoms with Gasteiger partial charge in [-0.25, -0.2) is 4.39 Å². The second-order valence-electron chi connectivity index (χ2n) is 6.29. The van der Waals surface area contributed by atoms with E-state index in [-0.39, 0.29) is 17.2 Å². The number of hydrogen-bond donors (Lipinski definition) is 1. The highest BCUT2D eigenvalue weighted by molar-refractivity contribution is 9.10. The summed E-state index contributed by atoms with van der Waals surface area (Å²) in [6.07, 6.45) is 3.82. The van der Waals surface area contributed by atoms with Crippen LogP contribution in [0.5, 0.6) is 5.75 Å². The molecule has 1 aliphatic rings. The van der Waals surface area contributed by atoms with Crippen molar-refractivity contribution >= 4 is 15.9 Å². The summed E-state index contributed by atoms with van der Waals surface area (Å²) in [6.45, 7) is 4.40. The molecular weight excluding hydrogens is 323 g/mol. The molecule has 0 bridgehead atoms. The number of aliphatic hydroxyl groups is 1. The standard InChI is InChI=1S/C16H22BrFO2/c1-16(2)7-5-4-6-11(16)15(19)10-8-12(17)13(18)9-14(10)20-3/h8-9,11,15,19H,4-7H2,1-3H3. The lowest BCUT2D eigenvalue weighted by atomic mass is 9.65. The summed E-state index contributed by atoms with van der Waals surface area (Å²) < 4.78 is 19.2. The maximum atomic E-state index is 13.6. The van der Waals surface area contributed by atoms with Gasteiger partial charge < -0.3 is 9.84 Å². The van der Waals surface area contributed by atoms with Crippen LogP contribution < -0.4 is 4.74 Å². The summed E-state index contributed by atoms with van der Waals surface area (Å²) in [6, 6.07) is 2.97. The fourth-order valence-corrected chi connectivity index (χ4v) is 3.64. The van der Waals surface area contributed by atoms with Crippen molar-refractivity contribution in [3.8, 4) is 5.75 Å². The van der Waals surface area contributed by atoms with E-state index in [1.165, 1.54) is 19.6 Å². The lowest BCUT2D eigenvalue weighted by Crippen LogP contribution is -2.32. The summed E-state index contributed by atoms with van der Waals surface area (Å²) in [4.78, 5) is 0. The van der Waals surface area contributed by atoms with Gasteiger partial charge in [0.25, 0.3) is 0 Å². The van der Waals surface area contributed by atoms with Crippen LogP contribution in [-0.4, -0.2) is 12.2 Å². The first-order chi connectivity index (χ1) is 9.36. The molecule has 2 nitrogen and oxygen atoms in total. The molecule has 2 rings (SSSR count). The molecule has 112 valence electrons. The fraction of sp³-hybridized carbons (Fsp3) is 0.625. The first kappa shape index (κ1) is 15.8. The van der Waals surface area contributed by atoms with Crippen LogP contribution in [0, 0.1) is 17.2 Å². The van der Waals surface area contributed by atoms with Gasteiger partial charge in [-0.2, -0.15) is 0 Å². The van der Waals surface area contributed by atoms with Crippen molar-refractivity contribution in [2.45, 2.75) is 45.6 Å². The maximum absolute atomic E-state index is 13.6. The van der Waals surface area contributed by atoms with E-state index in [9.17, 15) is 9.50 Å². The largest absolute Gasteiger partial charge is 0.496 e. The first-order valence-corrected chi connectivity index (χ1v) is 7.87. The lowest BCUT2D eigenvalue weighted by molar-refractivity contribution is 0.00261. The van der Waals surface area contributed by atoms with E-state index in [1.807, 2.05) is 0 Å². The van der Waals surface area contributed by atoms with Crippen molar-refractivity contribution in [2.75, 3.05) is 7.11 Å². The quantitative estimate of drug-likeness (QED) is 0.849. The van der Waals surface area contributed by atoms with Gasteiger partial charge in [-0.3, -0.25) is 0 Å². The molecule has 0 aliphatic heterocycles. The van der Waals surface area contributed by atoms with Gasteiger partial charge in [0.05, 0.1) is 17.7 Å². The highest BCUT2D eigenvalue weighted by atomic mass is 79.9. The number of hydrogen-bond acceptors (Lipinski definition) is 2. The van der Waals surface area contributed by atoms with Crippen LogP contribution in [-0.2, 0) is 0 Å². The molecule has 1 N–H and O–H groups in total. The van der Waals surface area contributed by atoms with Crippen LogP contribution >= 0.6 is 15.9 Å². The minimum absolute atomic E-state index is 0.0868. The van der Waals surface area contributed by atoms with Gasteiger partial charge in [0.1, 0.15) is 11.6 Å². The third-order valence-corrected chi connectivity index (χ3v) is 5.17. The average molecular weight is 345 g/mol. The average Bonchev–Trinajstić information content (AvgIpc) is 2.40. The SMILES string of the molecule is COc1cc(F)c(Br)cc1C(O)C1CCCCC1(C)C. The van der Waals surface area contributed by atoms with E-state index in [2.05, 4.69) is 29.8 Å². The summed E-state index contributed by atoms with van der Waals surface area (Å²) >= 11 is 3.19. The van der Waals surface area contributed by atoms with Crippen molar-refractivity contribution in [2.24, 2.45) is 11.3 Å². The Morgan fingerprint density at radius 1 is 1.40 bits per heavy atom. The second-order valence-corrected chi connectivity index (χ2v) is 7.15. The Morgan fingerprint density at radius 3 is 2.70 bits per heavy atom. The van der Waals surface area contributed by atoms with Crippen LogP contribution in [0.4, 0.5) is 4.39 Å². The van der Waals surface area contributed by atoms with Crippen molar-refractivity contribution in [1.29, 1.82) is 0 Å². The van der Waals surface area contributed by atoms with Gasteiger partial charge in [0, 0.05) is 11.6 Å². The molecular formula is C16H22BrFO2. The molecule has 1 aromatic carbocycles. The van der Waals surface area contributed by atoms with E-state index < -0.39 is 6.10 Å². The number of benzene rings is 1. The Morgan fingerprint density at radius 2 is 2.10 bits per heavy atom.